The quantitative estimate of drug-likeness (QED) is 0.289. The molecule has 0 aliphatic rings. The summed E-state index contributed by atoms with van der Waals surface area (Å²) in [7, 11) is 0. The number of para-hydroxylation sites is 1. The largest absolute Gasteiger partial charge is 0.491 e. The second kappa shape index (κ2) is 11.1. The van der Waals surface area contributed by atoms with E-state index >= 15 is 0 Å². The lowest BCUT2D eigenvalue weighted by molar-refractivity contribution is 0.0763. The Hall–Kier alpha value is -2.64. The van der Waals surface area contributed by atoms with Crippen LogP contribution in [0.2, 0.25) is 0 Å². The molecule has 0 atom stereocenters. The van der Waals surface area contributed by atoms with Crippen LogP contribution in [0.3, 0.4) is 0 Å². The Labute approximate surface area is 158 Å². The summed E-state index contributed by atoms with van der Waals surface area (Å²) in [6, 6.07) is 15.4. The fraction of sp³-hybridized carbons (Fsp3) is 0.263. The number of nitrogens with two attached hydrogens (primary N) is 1. The molecule has 26 heavy (non-hydrogen) atoms. The highest BCUT2D eigenvalue weighted by Gasteiger charge is 1.98. The summed E-state index contributed by atoms with van der Waals surface area (Å²) in [4.78, 5) is 0. The molecular weight excluding hydrogens is 350 g/mol. The normalized spacial score (nSPS) is 10.7. The van der Waals surface area contributed by atoms with E-state index in [1.165, 1.54) is 0 Å². The van der Waals surface area contributed by atoms with Gasteiger partial charge < -0.3 is 19.9 Å². The van der Waals surface area contributed by atoms with Gasteiger partial charge in [-0.2, -0.15) is 5.10 Å². The molecule has 0 bridgehead atoms. The van der Waals surface area contributed by atoms with Gasteiger partial charge in [-0.15, -0.1) is 0 Å². The Bertz CT molecular complexity index is 720. The van der Waals surface area contributed by atoms with Crippen LogP contribution in [0.15, 0.2) is 53.6 Å². The van der Waals surface area contributed by atoms with Crippen molar-refractivity contribution in [2.45, 2.75) is 6.92 Å². The molecule has 7 heteroatoms. The van der Waals surface area contributed by atoms with E-state index in [1.54, 1.807) is 6.21 Å². The van der Waals surface area contributed by atoms with Crippen LogP contribution in [0.25, 0.3) is 0 Å². The van der Waals surface area contributed by atoms with Gasteiger partial charge in [-0.05, 0) is 60.6 Å². The van der Waals surface area contributed by atoms with Crippen molar-refractivity contribution in [3.05, 3.63) is 59.7 Å². The van der Waals surface area contributed by atoms with E-state index in [0.29, 0.717) is 26.4 Å². The van der Waals surface area contributed by atoms with Gasteiger partial charge in [-0.25, -0.2) is 0 Å². The average molecular weight is 373 g/mol. The Balaban J connectivity index is 1.57. The number of nitrogens with one attached hydrogen (secondary N) is 1. The van der Waals surface area contributed by atoms with E-state index in [9.17, 15) is 0 Å². The first-order valence-electron chi connectivity index (χ1n) is 8.22. The predicted octanol–water partition coefficient (Wildman–Crippen LogP) is 2.64. The summed E-state index contributed by atoms with van der Waals surface area (Å²) in [6.07, 6.45) is 1.63. The molecule has 0 fully saturated rings. The maximum atomic E-state index is 5.66. The summed E-state index contributed by atoms with van der Waals surface area (Å²) in [5.41, 5.74) is 9.81. The van der Waals surface area contributed by atoms with Crippen LogP contribution >= 0.6 is 12.2 Å². The zero-order valence-corrected chi connectivity index (χ0v) is 15.5. The van der Waals surface area contributed by atoms with Crippen LogP contribution in [0.5, 0.6) is 11.5 Å². The summed E-state index contributed by atoms with van der Waals surface area (Å²) < 4.78 is 16.8. The minimum Gasteiger partial charge on any atom is -0.491 e. The fourth-order valence-electron chi connectivity index (χ4n) is 2.07. The summed E-state index contributed by atoms with van der Waals surface area (Å²) in [6.45, 7) is 4.02. The Morgan fingerprint density at radius 2 is 1.73 bits per heavy atom. The molecule has 0 radical (unpaired) electrons. The van der Waals surface area contributed by atoms with Crippen LogP contribution in [0.1, 0.15) is 11.1 Å². The lowest BCUT2D eigenvalue weighted by atomic mass is 10.2. The number of hydrogen-bond donors (Lipinski definition) is 2. The van der Waals surface area contributed by atoms with Gasteiger partial charge in [0.2, 0.25) is 0 Å². The van der Waals surface area contributed by atoms with Gasteiger partial charge in [0.1, 0.15) is 24.7 Å². The number of nitrogens with zero attached hydrogens (tertiary/aromatic N) is 1. The Kier molecular flexibility index (Phi) is 8.38. The number of ether oxygens (including phenoxy) is 3. The maximum absolute atomic E-state index is 5.66. The molecule has 0 heterocycles. The van der Waals surface area contributed by atoms with Gasteiger partial charge in [-0.1, -0.05) is 18.2 Å². The SMILES string of the molecule is Cc1ccccc1OCCOCCOc1ccc(/C=N\NC(N)=S)cc1. The number of thiocarbonyl (C=S) groups is 1. The first kappa shape index (κ1) is 19.7. The van der Waals surface area contributed by atoms with Gasteiger partial charge in [0.15, 0.2) is 5.11 Å². The standard InChI is InChI=1S/C19H23N3O3S/c1-15-4-2-3-5-18(15)25-13-11-23-10-12-24-17-8-6-16(7-9-17)14-21-22-19(20)26/h2-9,14H,10-13H2,1H3,(H3,20,22,26)/b21-14-. The maximum Gasteiger partial charge on any atom is 0.184 e. The molecule has 0 aromatic heterocycles. The molecule has 2 aromatic rings. The highest BCUT2D eigenvalue weighted by atomic mass is 32.1. The van der Waals surface area contributed by atoms with E-state index < -0.39 is 0 Å². The molecule has 0 saturated heterocycles. The van der Waals surface area contributed by atoms with Crippen molar-refractivity contribution in [3.63, 3.8) is 0 Å². The second-order valence-electron chi connectivity index (χ2n) is 5.38. The third-order valence-corrected chi connectivity index (χ3v) is 3.43. The molecule has 2 rings (SSSR count). The van der Waals surface area contributed by atoms with Gasteiger partial charge in [-0.3, -0.25) is 5.43 Å². The highest BCUT2D eigenvalue weighted by molar-refractivity contribution is 7.80. The average Bonchev–Trinajstić information content (AvgIpc) is 2.63. The smallest absolute Gasteiger partial charge is 0.184 e. The highest BCUT2D eigenvalue weighted by Crippen LogP contribution is 2.15. The molecule has 3 N–H and O–H groups in total. The molecule has 0 spiro atoms. The summed E-state index contributed by atoms with van der Waals surface area (Å²) in [5, 5.41) is 4.02. The van der Waals surface area contributed by atoms with Gasteiger partial charge in [0.05, 0.1) is 19.4 Å². The van der Waals surface area contributed by atoms with Crippen molar-refractivity contribution in [2.75, 3.05) is 26.4 Å². The molecule has 138 valence electrons. The predicted molar refractivity (Wildman–Crippen MR) is 107 cm³/mol. The van der Waals surface area contributed by atoms with Gasteiger partial charge in [0.25, 0.3) is 0 Å². The van der Waals surface area contributed by atoms with E-state index in [4.69, 9.17) is 19.9 Å². The fourth-order valence-corrected chi connectivity index (χ4v) is 2.12. The third kappa shape index (κ3) is 7.50. The van der Waals surface area contributed by atoms with E-state index in [1.807, 2.05) is 55.5 Å². The lowest BCUT2D eigenvalue weighted by Crippen LogP contribution is -2.23. The third-order valence-electron chi connectivity index (χ3n) is 3.34. The first-order chi connectivity index (χ1) is 12.6. The summed E-state index contributed by atoms with van der Waals surface area (Å²) >= 11 is 4.66. The van der Waals surface area contributed by atoms with Gasteiger partial charge in [0, 0.05) is 0 Å². The van der Waals surface area contributed by atoms with Crippen LogP contribution in [0.4, 0.5) is 0 Å². The molecule has 0 saturated carbocycles. The Morgan fingerprint density at radius 1 is 1.04 bits per heavy atom. The topological polar surface area (TPSA) is 78.1 Å². The van der Waals surface area contributed by atoms with E-state index in [-0.39, 0.29) is 5.11 Å². The minimum absolute atomic E-state index is 0.130. The minimum atomic E-state index is 0.130. The van der Waals surface area contributed by atoms with E-state index in [2.05, 4.69) is 22.7 Å². The van der Waals surface area contributed by atoms with Crippen LogP contribution in [-0.4, -0.2) is 37.8 Å². The molecule has 0 aliphatic heterocycles. The van der Waals surface area contributed by atoms with Crippen molar-refractivity contribution in [3.8, 4) is 11.5 Å². The van der Waals surface area contributed by atoms with Gasteiger partial charge >= 0.3 is 0 Å². The van der Waals surface area contributed by atoms with E-state index in [0.717, 1.165) is 22.6 Å². The molecule has 0 aliphatic carbocycles. The number of hydrazone groups is 1. The van der Waals surface area contributed by atoms with Crippen molar-refractivity contribution in [1.29, 1.82) is 0 Å². The van der Waals surface area contributed by atoms with Crippen molar-refractivity contribution >= 4 is 23.5 Å². The number of aryl methyl sites for hydroxylation is 1. The van der Waals surface area contributed by atoms with Crippen LogP contribution in [-0.2, 0) is 4.74 Å². The molecule has 0 amide bonds. The second-order valence-corrected chi connectivity index (χ2v) is 5.82. The van der Waals surface area contributed by atoms with Crippen molar-refractivity contribution in [1.82, 2.24) is 5.43 Å². The molecular formula is C19H23N3O3S. The first-order valence-corrected chi connectivity index (χ1v) is 8.63. The zero-order chi connectivity index (χ0) is 18.6. The number of rotatable bonds is 10. The van der Waals surface area contributed by atoms with Crippen molar-refractivity contribution < 1.29 is 14.2 Å². The van der Waals surface area contributed by atoms with Crippen molar-refractivity contribution in [2.24, 2.45) is 10.8 Å². The molecule has 0 unspecified atom stereocenters. The molecule has 2 aromatic carbocycles. The summed E-state index contributed by atoms with van der Waals surface area (Å²) in [5.74, 6) is 1.66. The monoisotopic (exact) mass is 373 g/mol. The number of hydrogen-bond acceptors (Lipinski definition) is 5. The molecule has 6 nitrogen and oxygen atoms in total. The lowest BCUT2D eigenvalue weighted by Gasteiger charge is -2.10. The number of benzene rings is 2. The Morgan fingerprint density at radius 3 is 2.42 bits per heavy atom. The van der Waals surface area contributed by atoms with Crippen LogP contribution in [0, 0.1) is 6.92 Å². The van der Waals surface area contributed by atoms with Crippen LogP contribution < -0.4 is 20.6 Å². The zero-order valence-electron chi connectivity index (χ0n) is 14.7.